The van der Waals surface area contributed by atoms with Crippen molar-refractivity contribution in [3.8, 4) is 11.1 Å². The predicted molar refractivity (Wildman–Crippen MR) is 103 cm³/mol. The first-order chi connectivity index (χ1) is 12.5. The Morgan fingerprint density at radius 2 is 2.00 bits per heavy atom. The van der Waals surface area contributed by atoms with Gasteiger partial charge in [0.25, 0.3) is 0 Å². The van der Waals surface area contributed by atoms with E-state index < -0.39 is 5.82 Å². The Balaban J connectivity index is 1.76. The molecule has 1 amide bonds. The van der Waals surface area contributed by atoms with E-state index in [1.165, 1.54) is 25.8 Å². The SMILES string of the molecule is CC(=O)Nc1ccc2cc(-c3cccc(NC4CC4)c3C)cc(F)c2n1. The predicted octanol–water partition coefficient (Wildman–Crippen LogP) is 4.88. The van der Waals surface area contributed by atoms with Crippen molar-refractivity contribution in [2.45, 2.75) is 32.7 Å². The van der Waals surface area contributed by atoms with E-state index in [1.54, 1.807) is 12.1 Å². The topological polar surface area (TPSA) is 54.0 Å². The third-order valence-electron chi connectivity index (χ3n) is 4.63. The Morgan fingerprint density at radius 3 is 2.73 bits per heavy atom. The number of nitrogens with zero attached hydrogens (tertiary/aromatic N) is 1. The Morgan fingerprint density at radius 1 is 1.19 bits per heavy atom. The van der Waals surface area contributed by atoms with Crippen LogP contribution in [0.1, 0.15) is 25.3 Å². The highest BCUT2D eigenvalue weighted by molar-refractivity contribution is 5.91. The van der Waals surface area contributed by atoms with Crippen LogP contribution in [-0.2, 0) is 4.79 Å². The summed E-state index contributed by atoms with van der Waals surface area (Å²) in [6.45, 7) is 3.46. The van der Waals surface area contributed by atoms with E-state index >= 15 is 0 Å². The second-order valence-corrected chi connectivity index (χ2v) is 6.80. The molecule has 1 fully saturated rings. The van der Waals surface area contributed by atoms with Crippen LogP contribution in [0.3, 0.4) is 0 Å². The molecule has 4 rings (SSSR count). The minimum Gasteiger partial charge on any atom is -0.382 e. The standard InChI is InChI=1S/C21H20FN3O/c1-12-17(4-3-5-19(12)24-16-7-8-16)15-10-14-6-9-20(23-13(2)26)25-21(14)18(22)11-15/h3-6,9-11,16,24H,7-8H2,1-2H3,(H,23,25,26). The maximum Gasteiger partial charge on any atom is 0.222 e. The Hall–Kier alpha value is -2.95. The van der Waals surface area contributed by atoms with E-state index in [-0.39, 0.29) is 11.4 Å². The lowest BCUT2D eigenvalue weighted by Crippen LogP contribution is -2.07. The molecule has 0 saturated heterocycles. The minimum atomic E-state index is -0.398. The van der Waals surface area contributed by atoms with E-state index in [9.17, 15) is 9.18 Å². The first-order valence-corrected chi connectivity index (χ1v) is 8.75. The van der Waals surface area contributed by atoms with E-state index in [0.717, 1.165) is 22.4 Å². The number of amides is 1. The molecule has 132 valence electrons. The largest absolute Gasteiger partial charge is 0.382 e. The molecular weight excluding hydrogens is 329 g/mol. The van der Waals surface area contributed by atoms with E-state index in [1.807, 2.05) is 18.2 Å². The molecule has 2 N–H and O–H groups in total. The number of fused-ring (bicyclic) bond motifs is 1. The zero-order valence-corrected chi connectivity index (χ0v) is 14.8. The summed E-state index contributed by atoms with van der Waals surface area (Å²) in [6, 6.07) is 13.5. The van der Waals surface area contributed by atoms with Crippen molar-refractivity contribution < 1.29 is 9.18 Å². The second kappa shape index (κ2) is 6.41. The summed E-state index contributed by atoms with van der Waals surface area (Å²) in [5, 5.41) is 6.81. The van der Waals surface area contributed by atoms with Gasteiger partial charge in [-0.25, -0.2) is 9.37 Å². The molecule has 0 atom stereocenters. The zero-order valence-electron chi connectivity index (χ0n) is 14.8. The smallest absolute Gasteiger partial charge is 0.222 e. The first-order valence-electron chi connectivity index (χ1n) is 8.75. The van der Waals surface area contributed by atoms with Gasteiger partial charge in [0.2, 0.25) is 5.91 Å². The number of aromatic nitrogens is 1. The number of carbonyl (C=O) groups is 1. The van der Waals surface area contributed by atoms with Crippen molar-refractivity contribution in [2.24, 2.45) is 0 Å². The van der Waals surface area contributed by atoms with Gasteiger partial charge in [-0.3, -0.25) is 4.79 Å². The highest BCUT2D eigenvalue weighted by Crippen LogP contribution is 2.34. The molecule has 1 aliphatic carbocycles. The van der Waals surface area contributed by atoms with E-state index in [4.69, 9.17) is 0 Å². The summed E-state index contributed by atoms with van der Waals surface area (Å²) >= 11 is 0. The van der Waals surface area contributed by atoms with Gasteiger partial charge in [0, 0.05) is 24.0 Å². The van der Waals surface area contributed by atoms with E-state index in [2.05, 4.69) is 28.6 Å². The quantitative estimate of drug-likeness (QED) is 0.706. The lowest BCUT2D eigenvalue weighted by Gasteiger charge is -2.14. The van der Waals surface area contributed by atoms with Crippen molar-refractivity contribution >= 4 is 28.3 Å². The number of benzene rings is 2. The van der Waals surface area contributed by atoms with Crippen LogP contribution in [0.4, 0.5) is 15.9 Å². The molecule has 1 heterocycles. The number of carbonyl (C=O) groups excluding carboxylic acids is 1. The van der Waals surface area contributed by atoms with Crippen LogP contribution in [0.15, 0.2) is 42.5 Å². The van der Waals surface area contributed by atoms with Gasteiger partial charge in [0.1, 0.15) is 17.2 Å². The molecule has 26 heavy (non-hydrogen) atoms. The summed E-state index contributed by atoms with van der Waals surface area (Å²) < 4.78 is 14.7. The lowest BCUT2D eigenvalue weighted by molar-refractivity contribution is -0.114. The van der Waals surface area contributed by atoms with Crippen LogP contribution in [0.5, 0.6) is 0 Å². The molecular formula is C21H20FN3O. The van der Waals surface area contributed by atoms with Crippen molar-refractivity contribution in [1.82, 2.24) is 4.98 Å². The Bertz CT molecular complexity index is 1010. The molecule has 1 saturated carbocycles. The molecule has 0 bridgehead atoms. The number of halogens is 1. The van der Waals surface area contributed by atoms with Gasteiger partial charge in [0.05, 0.1) is 0 Å². The van der Waals surface area contributed by atoms with Crippen LogP contribution in [0.25, 0.3) is 22.0 Å². The molecule has 0 aliphatic heterocycles. The number of pyridine rings is 1. The fourth-order valence-corrected chi connectivity index (χ4v) is 3.15. The minimum absolute atomic E-state index is 0.232. The number of hydrogen-bond donors (Lipinski definition) is 2. The molecule has 0 radical (unpaired) electrons. The van der Waals surface area contributed by atoms with Gasteiger partial charge in [0.15, 0.2) is 0 Å². The Kier molecular flexibility index (Phi) is 4.07. The average Bonchev–Trinajstić information content (AvgIpc) is 3.41. The van der Waals surface area contributed by atoms with Crippen molar-refractivity contribution in [2.75, 3.05) is 10.6 Å². The lowest BCUT2D eigenvalue weighted by atomic mass is 9.97. The van der Waals surface area contributed by atoms with Gasteiger partial charge in [-0.05, 0) is 66.8 Å². The van der Waals surface area contributed by atoms with Crippen LogP contribution in [0, 0.1) is 12.7 Å². The molecule has 3 aromatic rings. The summed E-state index contributed by atoms with van der Waals surface area (Å²) in [7, 11) is 0. The molecule has 1 aromatic heterocycles. The summed E-state index contributed by atoms with van der Waals surface area (Å²) in [6.07, 6.45) is 2.41. The summed E-state index contributed by atoms with van der Waals surface area (Å²) in [5.74, 6) is -0.280. The molecule has 5 heteroatoms. The maximum atomic E-state index is 14.7. The van der Waals surface area contributed by atoms with Crippen molar-refractivity contribution in [3.05, 3.63) is 53.8 Å². The summed E-state index contributed by atoms with van der Waals surface area (Å²) in [5.41, 5.74) is 4.29. The van der Waals surface area contributed by atoms with E-state index in [0.29, 0.717) is 17.2 Å². The van der Waals surface area contributed by atoms with Crippen molar-refractivity contribution in [1.29, 1.82) is 0 Å². The third-order valence-corrected chi connectivity index (χ3v) is 4.63. The first kappa shape index (κ1) is 16.5. The normalized spacial score (nSPS) is 13.7. The Labute approximate surface area is 151 Å². The van der Waals surface area contributed by atoms with Gasteiger partial charge in [-0.2, -0.15) is 0 Å². The highest BCUT2D eigenvalue weighted by atomic mass is 19.1. The number of nitrogens with one attached hydrogen (secondary N) is 2. The third kappa shape index (κ3) is 3.25. The van der Waals surface area contributed by atoms with Gasteiger partial charge in [-0.15, -0.1) is 0 Å². The molecule has 2 aromatic carbocycles. The molecule has 1 aliphatic rings. The van der Waals surface area contributed by atoms with Gasteiger partial charge < -0.3 is 10.6 Å². The van der Waals surface area contributed by atoms with Gasteiger partial charge in [-0.1, -0.05) is 12.1 Å². The molecule has 0 spiro atoms. The average molecular weight is 349 g/mol. The number of hydrogen-bond acceptors (Lipinski definition) is 3. The van der Waals surface area contributed by atoms with Gasteiger partial charge >= 0.3 is 0 Å². The zero-order chi connectivity index (χ0) is 18.3. The molecule has 4 nitrogen and oxygen atoms in total. The van der Waals surface area contributed by atoms with Crippen LogP contribution >= 0.6 is 0 Å². The monoisotopic (exact) mass is 349 g/mol. The number of anilines is 2. The summed E-state index contributed by atoms with van der Waals surface area (Å²) in [4.78, 5) is 15.4. The molecule has 0 unspecified atom stereocenters. The fourth-order valence-electron chi connectivity index (χ4n) is 3.15. The highest BCUT2D eigenvalue weighted by Gasteiger charge is 2.22. The second-order valence-electron chi connectivity index (χ2n) is 6.80. The van der Waals surface area contributed by atoms with Crippen LogP contribution in [0.2, 0.25) is 0 Å². The fraction of sp³-hybridized carbons (Fsp3) is 0.238. The number of rotatable bonds is 4. The van der Waals surface area contributed by atoms with Crippen LogP contribution in [-0.4, -0.2) is 16.9 Å². The van der Waals surface area contributed by atoms with Crippen molar-refractivity contribution in [3.63, 3.8) is 0 Å². The van der Waals surface area contributed by atoms with Crippen LogP contribution < -0.4 is 10.6 Å². The maximum absolute atomic E-state index is 14.7.